The lowest BCUT2D eigenvalue weighted by Gasteiger charge is -2.17. The van der Waals surface area contributed by atoms with Crippen LogP contribution in [0.15, 0.2) is 146 Å². The van der Waals surface area contributed by atoms with E-state index in [1.807, 2.05) is 12.3 Å². The Morgan fingerprint density at radius 2 is 1.28 bits per heavy atom. The molecule has 0 amide bonds. The van der Waals surface area contributed by atoms with Crippen molar-refractivity contribution in [1.82, 2.24) is 19.5 Å². The van der Waals surface area contributed by atoms with Crippen LogP contribution in [0.2, 0.25) is 0 Å². The Morgan fingerprint density at radius 3 is 2.00 bits per heavy atom. The van der Waals surface area contributed by atoms with Crippen LogP contribution in [-0.2, 0) is 0 Å². The number of benzene rings is 4. The van der Waals surface area contributed by atoms with E-state index in [0.29, 0.717) is 0 Å². The summed E-state index contributed by atoms with van der Waals surface area (Å²) in [6, 6.07) is 38.7. The Labute approximate surface area is 273 Å². The molecule has 9 rings (SSSR count). The number of allylic oxidation sites excluding steroid dienone is 8. The van der Waals surface area contributed by atoms with Crippen molar-refractivity contribution in [3.8, 4) is 16.9 Å². The molecular formula is C43H32N4. The van der Waals surface area contributed by atoms with E-state index in [1.54, 1.807) is 0 Å². The summed E-state index contributed by atoms with van der Waals surface area (Å²) in [6.45, 7) is 0. The second-order valence-electron chi connectivity index (χ2n) is 12.3. The molecule has 0 atom stereocenters. The summed E-state index contributed by atoms with van der Waals surface area (Å²) >= 11 is 0. The van der Waals surface area contributed by atoms with Gasteiger partial charge in [-0.2, -0.15) is 0 Å². The summed E-state index contributed by atoms with van der Waals surface area (Å²) in [5.41, 5.74) is 12.5. The number of hydrogen-bond donors (Lipinski definition) is 0. The first-order valence-electron chi connectivity index (χ1n) is 16.4. The Bertz CT molecular complexity index is 2400. The number of rotatable bonds is 5. The number of hydrogen-bond acceptors (Lipinski definition) is 3. The molecule has 0 saturated heterocycles. The fourth-order valence-corrected chi connectivity index (χ4v) is 7.10. The average molecular weight is 605 g/mol. The summed E-state index contributed by atoms with van der Waals surface area (Å²) in [4.78, 5) is 14.9. The maximum absolute atomic E-state index is 5.19. The minimum atomic E-state index is 0.804. The Balaban J connectivity index is 1.12. The van der Waals surface area contributed by atoms with E-state index in [4.69, 9.17) is 9.97 Å². The first kappa shape index (κ1) is 27.4. The van der Waals surface area contributed by atoms with Crippen molar-refractivity contribution in [2.75, 3.05) is 0 Å². The Morgan fingerprint density at radius 1 is 0.596 bits per heavy atom. The number of aromatic nitrogens is 4. The fourth-order valence-electron chi connectivity index (χ4n) is 7.10. The molecule has 0 saturated carbocycles. The summed E-state index contributed by atoms with van der Waals surface area (Å²) in [5.74, 6) is 0.804. The van der Waals surface area contributed by atoms with Crippen LogP contribution in [0.4, 0.5) is 0 Å². The largest absolute Gasteiger partial charge is 0.309 e. The second kappa shape index (κ2) is 11.5. The second-order valence-corrected chi connectivity index (χ2v) is 12.3. The van der Waals surface area contributed by atoms with Crippen molar-refractivity contribution in [3.63, 3.8) is 0 Å². The highest BCUT2D eigenvalue weighted by atomic mass is 15.0. The van der Waals surface area contributed by atoms with E-state index in [0.717, 1.165) is 65.2 Å². The van der Waals surface area contributed by atoms with Gasteiger partial charge in [0.25, 0.3) is 0 Å². The van der Waals surface area contributed by atoms with Gasteiger partial charge < -0.3 is 4.57 Å². The number of nitrogens with zero attached hydrogens (tertiary/aromatic N) is 4. The third-order valence-corrected chi connectivity index (χ3v) is 9.45. The molecule has 224 valence electrons. The van der Waals surface area contributed by atoms with Crippen molar-refractivity contribution in [2.24, 2.45) is 0 Å². The smallest absolute Gasteiger partial charge is 0.156 e. The Hall–Kier alpha value is -5.87. The molecule has 3 heterocycles. The van der Waals surface area contributed by atoms with Crippen LogP contribution in [0.5, 0.6) is 0 Å². The summed E-state index contributed by atoms with van der Waals surface area (Å²) in [7, 11) is 0. The zero-order chi connectivity index (χ0) is 31.2. The molecule has 0 fully saturated rings. The van der Waals surface area contributed by atoms with Crippen molar-refractivity contribution >= 4 is 49.4 Å². The molecule has 0 bridgehead atoms. The number of para-hydroxylation sites is 3. The fraction of sp³-hybridized carbons (Fsp3) is 0.0930. The van der Waals surface area contributed by atoms with Gasteiger partial charge >= 0.3 is 0 Å². The summed E-state index contributed by atoms with van der Waals surface area (Å²) in [5, 5.41) is 3.72. The maximum Gasteiger partial charge on any atom is 0.156 e. The van der Waals surface area contributed by atoms with E-state index in [1.165, 1.54) is 43.9 Å². The third kappa shape index (κ3) is 4.90. The lowest BCUT2D eigenvalue weighted by atomic mass is 9.91. The van der Waals surface area contributed by atoms with Gasteiger partial charge in [0.05, 0.1) is 27.9 Å². The van der Waals surface area contributed by atoms with E-state index in [-0.39, 0.29) is 0 Å². The average Bonchev–Trinajstić information content (AvgIpc) is 3.49. The molecule has 0 aliphatic heterocycles. The molecule has 47 heavy (non-hydrogen) atoms. The van der Waals surface area contributed by atoms with Crippen molar-refractivity contribution in [1.29, 1.82) is 0 Å². The molecule has 0 spiro atoms. The van der Waals surface area contributed by atoms with Crippen molar-refractivity contribution < 1.29 is 0 Å². The number of pyridine rings is 1. The van der Waals surface area contributed by atoms with Crippen LogP contribution in [-0.4, -0.2) is 19.5 Å². The van der Waals surface area contributed by atoms with Crippen LogP contribution in [0.3, 0.4) is 0 Å². The minimum absolute atomic E-state index is 0.804. The first-order chi connectivity index (χ1) is 23.3. The van der Waals surface area contributed by atoms with Crippen LogP contribution in [0.1, 0.15) is 42.8 Å². The Kier molecular flexibility index (Phi) is 6.71. The monoisotopic (exact) mass is 604 g/mol. The van der Waals surface area contributed by atoms with Crippen molar-refractivity contribution in [3.05, 3.63) is 163 Å². The quantitative estimate of drug-likeness (QED) is 0.196. The SMILES string of the molecule is C1=CC(c2cc(-c3ccc(-n4c5ccccc5c5ccccc54)cc3)nc(C3=CC=C(c4ccnc5ccccc45)CC3)n2)=CCC1. The van der Waals surface area contributed by atoms with Gasteiger partial charge in [0.15, 0.2) is 5.82 Å². The summed E-state index contributed by atoms with van der Waals surface area (Å²) < 4.78 is 2.35. The molecule has 0 N–H and O–H groups in total. The molecule has 4 nitrogen and oxygen atoms in total. The van der Waals surface area contributed by atoms with Gasteiger partial charge in [0, 0.05) is 33.6 Å². The van der Waals surface area contributed by atoms with Gasteiger partial charge in [-0.15, -0.1) is 0 Å². The number of fused-ring (bicyclic) bond motifs is 4. The highest BCUT2D eigenvalue weighted by molar-refractivity contribution is 6.09. The van der Waals surface area contributed by atoms with E-state index in [9.17, 15) is 0 Å². The van der Waals surface area contributed by atoms with Crippen LogP contribution in [0, 0.1) is 0 Å². The molecule has 4 heteroatoms. The third-order valence-electron chi connectivity index (χ3n) is 9.45. The predicted octanol–water partition coefficient (Wildman–Crippen LogP) is 10.8. The van der Waals surface area contributed by atoms with Gasteiger partial charge in [0.1, 0.15) is 0 Å². The van der Waals surface area contributed by atoms with E-state index >= 15 is 0 Å². The predicted molar refractivity (Wildman–Crippen MR) is 195 cm³/mol. The van der Waals surface area contributed by atoms with Crippen molar-refractivity contribution in [2.45, 2.75) is 25.7 Å². The lowest BCUT2D eigenvalue weighted by Crippen LogP contribution is -2.04. The normalized spacial score (nSPS) is 14.8. The standard InChI is InChI=1S/C43H32N4/c1-2-10-30(11-3-1)39-28-40(31-22-24-33(25-23-31)47-41-16-8-5-13-36(41)37-14-6-9-17-42(37)47)46-43(45-39)32-20-18-29(19-21-32)34-26-27-44-38-15-7-4-12-35(34)38/h2,4-18,20,22-28H,1,3,19,21H2. The molecule has 2 aliphatic carbocycles. The molecule has 2 aliphatic rings. The molecule has 0 unspecified atom stereocenters. The van der Waals surface area contributed by atoms with Gasteiger partial charge in [-0.25, -0.2) is 9.97 Å². The van der Waals surface area contributed by atoms with Gasteiger partial charge in [-0.05, 0) is 90.4 Å². The van der Waals surface area contributed by atoms with Gasteiger partial charge in [-0.3, -0.25) is 4.98 Å². The molecule has 0 radical (unpaired) electrons. The van der Waals surface area contributed by atoms with Gasteiger partial charge in [-0.1, -0.05) is 97.1 Å². The highest BCUT2D eigenvalue weighted by Crippen LogP contribution is 2.36. The van der Waals surface area contributed by atoms with E-state index < -0.39 is 0 Å². The maximum atomic E-state index is 5.19. The molecular weight excluding hydrogens is 573 g/mol. The molecule has 3 aromatic heterocycles. The molecule has 7 aromatic rings. The topological polar surface area (TPSA) is 43.6 Å². The highest BCUT2D eigenvalue weighted by Gasteiger charge is 2.18. The van der Waals surface area contributed by atoms with Crippen LogP contribution < -0.4 is 0 Å². The van der Waals surface area contributed by atoms with Crippen LogP contribution in [0.25, 0.3) is 66.4 Å². The zero-order valence-electron chi connectivity index (χ0n) is 26.0. The van der Waals surface area contributed by atoms with Crippen LogP contribution >= 0.6 is 0 Å². The van der Waals surface area contributed by atoms with Gasteiger partial charge in [0.2, 0.25) is 0 Å². The minimum Gasteiger partial charge on any atom is -0.309 e. The lowest BCUT2D eigenvalue weighted by molar-refractivity contribution is 1.00. The first-order valence-corrected chi connectivity index (χ1v) is 16.4. The summed E-state index contributed by atoms with van der Waals surface area (Å²) in [6.07, 6.45) is 17.0. The van der Waals surface area contributed by atoms with E-state index in [2.05, 4.69) is 143 Å². The zero-order valence-corrected chi connectivity index (χ0v) is 26.0. The molecule has 4 aromatic carbocycles.